The molecule has 1 aromatic carbocycles. The molecular weight excluding hydrogens is 328 g/mol. The van der Waals surface area contributed by atoms with Crippen LogP contribution in [0.15, 0.2) is 28.7 Å². The van der Waals surface area contributed by atoms with Crippen molar-refractivity contribution in [2.24, 2.45) is 17.1 Å². The number of rotatable bonds is 2. The van der Waals surface area contributed by atoms with E-state index >= 15 is 0 Å². The van der Waals surface area contributed by atoms with Crippen molar-refractivity contribution in [1.82, 2.24) is 4.90 Å². The topological polar surface area (TPSA) is 46.3 Å². The van der Waals surface area contributed by atoms with Crippen LogP contribution in [-0.4, -0.2) is 29.9 Å². The van der Waals surface area contributed by atoms with Crippen molar-refractivity contribution < 1.29 is 4.79 Å². The van der Waals surface area contributed by atoms with Crippen LogP contribution < -0.4 is 5.73 Å². The standard InChI is InChI=1S/C17H23BrN2O/c1-17(2)10-20(7-6-15(17)19)16(21)14-9-13(14)11-4-3-5-12(18)8-11/h3-5,8,13-15H,6-7,9-10,19H2,1-2H3. The van der Waals surface area contributed by atoms with Crippen LogP contribution in [0.2, 0.25) is 0 Å². The van der Waals surface area contributed by atoms with Gasteiger partial charge in [0.15, 0.2) is 0 Å². The molecule has 21 heavy (non-hydrogen) atoms. The van der Waals surface area contributed by atoms with Crippen LogP contribution in [0.3, 0.4) is 0 Å². The van der Waals surface area contributed by atoms with Gasteiger partial charge in [0.1, 0.15) is 0 Å². The summed E-state index contributed by atoms with van der Waals surface area (Å²) in [5.41, 5.74) is 7.45. The van der Waals surface area contributed by atoms with Crippen LogP contribution in [0.4, 0.5) is 0 Å². The highest BCUT2D eigenvalue weighted by Crippen LogP contribution is 2.49. The number of halogens is 1. The molecule has 3 unspecified atom stereocenters. The second-order valence-electron chi connectivity index (χ2n) is 7.15. The number of likely N-dealkylation sites (tertiary alicyclic amines) is 1. The molecule has 0 aromatic heterocycles. The van der Waals surface area contributed by atoms with Gasteiger partial charge in [-0.25, -0.2) is 0 Å². The number of nitrogens with zero attached hydrogens (tertiary/aromatic N) is 1. The predicted octanol–water partition coefficient (Wildman–Crippen LogP) is 3.14. The summed E-state index contributed by atoms with van der Waals surface area (Å²) in [6.45, 7) is 5.92. The Hall–Kier alpha value is -0.870. The maximum absolute atomic E-state index is 12.7. The zero-order chi connectivity index (χ0) is 15.2. The summed E-state index contributed by atoms with van der Waals surface area (Å²) in [6.07, 6.45) is 1.89. The molecule has 1 aliphatic carbocycles. The molecule has 3 nitrogen and oxygen atoms in total. The fourth-order valence-electron chi connectivity index (χ4n) is 3.37. The SMILES string of the molecule is CC1(C)CN(C(=O)C2CC2c2cccc(Br)c2)CCC1N. The monoisotopic (exact) mass is 350 g/mol. The largest absolute Gasteiger partial charge is 0.342 e. The molecule has 2 fully saturated rings. The smallest absolute Gasteiger partial charge is 0.226 e. The van der Waals surface area contributed by atoms with E-state index in [-0.39, 0.29) is 17.4 Å². The van der Waals surface area contributed by atoms with Crippen molar-refractivity contribution >= 4 is 21.8 Å². The van der Waals surface area contributed by atoms with Crippen LogP contribution in [0.5, 0.6) is 0 Å². The molecular formula is C17H23BrN2O. The van der Waals surface area contributed by atoms with Crippen LogP contribution >= 0.6 is 15.9 Å². The van der Waals surface area contributed by atoms with E-state index in [1.807, 2.05) is 17.0 Å². The summed E-state index contributed by atoms with van der Waals surface area (Å²) in [5.74, 6) is 0.887. The molecule has 1 saturated heterocycles. The summed E-state index contributed by atoms with van der Waals surface area (Å²) in [7, 11) is 0. The van der Waals surface area contributed by atoms with Crippen molar-refractivity contribution in [2.45, 2.75) is 38.6 Å². The third-order valence-electron chi connectivity index (χ3n) is 5.01. The number of piperidine rings is 1. The van der Waals surface area contributed by atoms with Gasteiger partial charge in [0, 0.05) is 29.5 Å². The van der Waals surface area contributed by atoms with E-state index in [9.17, 15) is 4.79 Å². The molecule has 3 atom stereocenters. The Kier molecular flexibility index (Phi) is 3.87. The highest BCUT2D eigenvalue weighted by molar-refractivity contribution is 9.10. The number of benzene rings is 1. The molecule has 1 amide bonds. The number of carbonyl (C=O) groups is 1. The lowest BCUT2D eigenvalue weighted by Gasteiger charge is -2.42. The molecule has 114 valence electrons. The zero-order valence-electron chi connectivity index (χ0n) is 12.7. The fraction of sp³-hybridized carbons (Fsp3) is 0.588. The number of hydrogen-bond acceptors (Lipinski definition) is 2. The van der Waals surface area contributed by atoms with Gasteiger partial charge in [-0.2, -0.15) is 0 Å². The first-order valence-electron chi connectivity index (χ1n) is 7.68. The summed E-state index contributed by atoms with van der Waals surface area (Å²) in [4.78, 5) is 14.7. The number of hydrogen-bond donors (Lipinski definition) is 1. The van der Waals surface area contributed by atoms with Crippen LogP contribution in [-0.2, 0) is 4.79 Å². The van der Waals surface area contributed by atoms with Crippen molar-refractivity contribution in [3.8, 4) is 0 Å². The number of nitrogens with two attached hydrogens (primary N) is 1. The molecule has 4 heteroatoms. The van der Waals surface area contributed by atoms with Crippen molar-refractivity contribution in [2.75, 3.05) is 13.1 Å². The van der Waals surface area contributed by atoms with Crippen LogP contribution in [0.25, 0.3) is 0 Å². The maximum Gasteiger partial charge on any atom is 0.226 e. The highest BCUT2D eigenvalue weighted by Gasteiger charge is 2.47. The van der Waals surface area contributed by atoms with Crippen molar-refractivity contribution in [3.63, 3.8) is 0 Å². The normalized spacial score (nSPS) is 31.0. The van der Waals surface area contributed by atoms with E-state index in [1.54, 1.807) is 0 Å². The Bertz CT molecular complexity index is 557. The maximum atomic E-state index is 12.7. The molecule has 1 aromatic rings. The van der Waals surface area contributed by atoms with Crippen molar-refractivity contribution in [3.05, 3.63) is 34.3 Å². The van der Waals surface area contributed by atoms with Gasteiger partial charge in [-0.05, 0) is 41.9 Å². The molecule has 0 spiro atoms. The van der Waals surface area contributed by atoms with Crippen molar-refractivity contribution in [1.29, 1.82) is 0 Å². The molecule has 1 heterocycles. The molecule has 2 aliphatic rings. The van der Waals surface area contributed by atoms with Gasteiger partial charge in [-0.15, -0.1) is 0 Å². The molecule has 0 radical (unpaired) electrons. The quantitative estimate of drug-likeness (QED) is 0.890. The number of carbonyl (C=O) groups excluding carboxylic acids is 1. The predicted molar refractivity (Wildman–Crippen MR) is 87.9 cm³/mol. The van der Waals surface area contributed by atoms with E-state index in [2.05, 4.69) is 41.9 Å². The Morgan fingerprint density at radius 3 is 2.86 bits per heavy atom. The lowest BCUT2D eigenvalue weighted by atomic mass is 9.79. The van der Waals surface area contributed by atoms with Crippen LogP contribution in [0.1, 0.15) is 38.2 Å². The number of amides is 1. The van der Waals surface area contributed by atoms with Gasteiger partial charge in [0.25, 0.3) is 0 Å². The van der Waals surface area contributed by atoms with Gasteiger partial charge in [-0.3, -0.25) is 4.79 Å². The Balaban J connectivity index is 1.66. The minimum absolute atomic E-state index is 0.0219. The average Bonchev–Trinajstić information content (AvgIpc) is 3.21. The zero-order valence-corrected chi connectivity index (χ0v) is 14.3. The Labute approximate surface area is 135 Å². The molecule has 2 N–H and O–H groups in total. The summed E-state index contributed by atoms with van der Waals surface area (Å²) in [6, 6.07) is 8.52. The Morgan fingerprint density at radius 2 is 2.19 bits per heavy atom. The minimum atomic E-state index is 0.0219. The summed E-state index contributed by atoms with van der Waals surface area (Å²) < 4.78 is 1.09. The molecule has 3 rings (SSSR count). The second kappa shape index (κ2) is 5.40. The summed E-state index contributed by atoms with van der Waals surface area (Å²) in [5, 5.41) is 0. The Morgan fingerprint density at radius 1 is 1.43 bits per heavy atom. The molecule has 1 saturated carbocycles. The lowest BCUT2D eigenvalue weighted by molar-refractivity contribution is -0.136. The van der Waals surface area contributed by atoms with E-state index < -0.39 is 0 Å². The van der Waals surface area contributed by atoms with Gasteiger partial charge in [0.05, 0.1) is 0 Å². The first-order chi connectivity index (χ1) is 9.88. The van der Waals surface area contributed by atoms with Gasteiger partial charge >= 0.3 is 0 Å². The third kappa shape index (κ3) is 3.02. The second-order valence-corrected chi connectivity index (χ2v) is 8.06. The van der Waals surface area contributed by atoms with Gasteiger partial charge in [-0.1, -0.05) is 41.9 Å². The van der Waals surface area contributed by atoms with Crippen LogP contribution in [0, 0.1) is 11.3 Å². The fourth-order valence-corrected chi connectivity index (χ4v) is 3.79. The minimum Gasteiger partial charge on any atom is -0.342 e. The first kappa shape index (κ1) is 15.0. The van der Waals surface area contributed by atoms with E-state index in [0.717, 1.165) is 30.4 Å². The first-order valence-corrected chi connectivity index (χ1v) is 8.47. The van der Waals surface area contributed by atoms with E-state index in [0.29, 0.717) is 11.8 Å². The molecule has 0 bridgehead atoms. The van der Waals surface area contributed by atoms with Gasteiger partial charge in [0.2, 0.25) is 5.91 Å². The summed E-state index contributed by atoms with van der Waals surface area (Å²) >= 11 is 3.50. The average molecular weight is 351 g/mol. The molecule has 1 aliphatic heterocycles. The van der Waals surface area contributed by atoms with Gasteiger partial charge < -0.3 is 10.6 Å². The van der Waals surface area contributed by atoms with E-state index in [1.165, 1.54) is 5.56 Å². The third-order valence-corrected chi connectivity index (χ3v) is 5.50. The highest BCUT2D eigenvalue weighted by atomic mass is 79.9. The lowest BCUT2D eigenvalue weighted by Crippen LogP contribution is -2.54. The van der Waals surface area contributed by atoms with E-state index in [4.69, 9.17) is 5.73 Å².